The largest absolute Gasteiger partial charge is 0.493 e. The zero-order valence-electron chi connectivity index (χ0n) is 11.2. The second kappa shape index (κ2) is 6.63. The molecule has 0 aliphatic rings. The van der Waals surface area contributed by atoms with E-state index >= 15 is 0 Å². The number of anilines is 1. The van der Waals surface area contributed by atoms with Gasteiger partial charge in [0.2, 0.25) is 5.91 Å². The van der Waals surface area contributed by atoms with Gasteiger partial charge in [-0.3, -0.25) is 9.59 Å². The summed E-state index contributed by atoms with van der Waals surface area (Å²) in [6, 6.07) is 4.66. The van der Waals surface area contributed by atoms with Crippen molar-refractivity contribution in [3.05, 3.63) is 23.8 Å². The number of nitrogen functional groups attached to an aromatic ring is 1. The van der Waals surface area contributed by atoms with Crippen LogP contribution in [0.15, 0.2) is 18.2 Å². The maximum atomic E-state index is 11.4. The van der Waals surface area contributed by atoms with Crippen molar-refractivity contribution in [3.63, 3.8) is 0 Å². The highest BCUT2D eigenvalue weighted by Gasteiger charge is 2.10. The summed E-state index contributed by atoms with van der Waals surface area (Å²) >= 11 is 0. The van der Waals surface area contributed by atoms with Crippen LogP contribution in [0.25, 0.3) is 0 Å². The van der Waals surface area contributed by atoms with E-state index in [1.54, 1.807) is 26.2 Å². The van der Waals surface area contributed by atoms with Gasteiger partial charge >= 0.3 is 0 Å². The molecule has 1 rings (SSSR count). The van der Waals surface area contributed by atoms with E-state index < -0.39 is 5.91 Å². The van der Waals surface area contributed by atoms with Crippen LogP contribution < -0.4 is 16.2 Å². The van der Waals surface area contributed by atoms with Crippen molar-refractivity contribution in [2.45, 2.75) is 12.8 Å². The Bertz CT molecular complexity index is 472. The second-order valence-electron chi connectivity index (χ2n) is 4.36. The molecule has 0 bridgehead atoms. The van der Waals surface area contributed by atoms with Crippen LogP contribution >= 0.6 is 0 Å². The second-order valence-corrected chi connectivity index (χ2v) is 4.36. The number of hydrogen-bond donors (Lipinski definition) is 2. The molecule has 1 aromatic carbocycles. The Labute approximate surface area is 112 Å². The fourth-order valence-corrected chi connectivity index (χ4v) is 1.49. The first-order valence-electron chi connectivity index (χ1n) is 5.94. The van der Waals surface area contributed by atoms with E-state index in [1.807, 2.05) is 0 Å². The summed E-state index contributed by atoms with van der Waals surface area (Å²) < 4.78 is 5.46. The van der Waals surface area contributed by atoms with Gasteiger partial charge in [-0.05, 0) is 18.6 Å². The number of benzene rings is 1. The summed E-state index contributed by atoms with van der Waals surface area (Å²) in [5.74, 6) is -0.185. The summed E-state index contributed by atoms with van der Waals surface area (Å²) in [6.07, 6.45) is 0.950. The fourth-order valence-electron chi connectivity index (χ4n) is 1.49. The Morgan fingerprint density at radius 3 is 2.58 bits per heavy atom. The molecule has 6 nitrogen and oxygen atoms in total. The first-order valence-corrected chi connectivity index (χ1v) is 5.94. The molecule has 0 saturated carbocycles. The van der Waals surface area contributed by atoms with Crippen molar-refractivity contribution in [3.8, 4) is 5.75 Å². The molecular formula is C13H19N3O3. The lowest BCUT2D eigenvalue weighted by atomic mass is 10.1. The number of nitrogens with two attached hydrogens (primary N) is 2. The van der Waals surface area contributed by atoms with E-state index in [0.717, 1.165) is 0 Å². The lowest BCUT2D eigenvalue weighted by Gasteiger charge is -2.12. The molecule has 0 aromatic heterocycles. The van der Waals surface area contributed by atoms with Crippen molar-refractivity contribution in [1.82, 2.24) is 4.90 Å². The quantitative estimate of drug-likeness (QED) is 0.581. The van der Waals surface area contributed by atoms with Crippen LogP contribution in [0.4, 0.5) is 5.69 Å². The average molecular weight is 265 g/mol. The summed E-state index contributed by atoms with van der Waals surface area (Å²) in [6.45, 7) is 0.323. The van der Waals surface area contributed by atoms with Gasteiger partial charge in [0, 0.05) is 32.3 Å². The third-order valence-corrected chi connectivity index (χ3v) is 2.56. The molecule has 0 radical (unpaired) electrons. The minimum Gasteiger partial charge on any atom is -0.493 e. The maximum Gasteiger partial charge on any atom is 0.252 e. The summed E-state index contributed by atoms with van der Waals surface area (Å²) in [5, 5.41) is 0. The van der Waals surface area contributed by atoms with Gasteiger partial charge < -0.3 is 21.1 Å². The van der Waals surface area contributed by atoms with Gasteiger partial charge in [0.25, 0.3) is 5.91 Å². The Hall–Kier alpha value is -2.24. The molecule has 0 aliphatic carbocycles. The highest BCUT2D eigenvalue weighted by Crippen LogP contribution is 2.21. The summed E-state index contributed by atoms with van der Waals surface area (Å²) in [5.41, 5.74) is 11.6. The Balaban J connectivity index is 2.55. The first-order chi connectivity index (χ1) is 8.91. The number of carbonyl (C=O) groups is 2. The van der Waals surface area contributed by atoms with Gasteiger partial charge in [0.1, 0.15) is 5.75 Å². The number of carbonyl (C=O) groups excluding carboxylic acids is 2. The number of hydrogen-bond acceptors (Lipinski definition) is 4. The van der Waals surface area contributed by atoms with Crippen LogP contribution in [0.3, 0.4) is 0 Å². The van der Waals surface area contributed by atoms with E-state index in [1.165, 1.54) is 11.0 Å². The highest BCUT2D eigenvalue weighted by molar-refractivity contribution is 5.96. The predicted molar refractivity (Wildman–Crippen MR) is 72.8 cm³/mol. The van der Waals surface area contributed by atoms with Crippen molar-refractivity contribution in [1.29, 1.82) is 0 Å². The van der Waals surface area contributed by atoms with Crippen LogP contribution in [0.1, 0.15) is 23.2 Å². The molecule has 0 fully saturated rings. The zero-order valence-corrected chi connectivity index (χ0v) is 11.2. The molecule has 104 valence electrons. The number of nitrogens with zero attached hydrogens (tertiary/aromatic N) is 1. The van der Waals surface area contributed by atoms with Crippen LogP contribution in [-0.4, -0.2) is 37.4 Å². The molecule has 4 N–H and O–H groups in total. The molecular weight excluding hydrogens is 246 g/mol. The fraction of sp³-hybridized carbons (Fsp3) is 0.385. The molecule has 0 atom stereocenters. The summed E-state index contributed by atoms with van der Waals surface area (Å²) in [4.78, 5) is 24.1. The normalized spacial score (nSPS) is 10.0. The van der Waals surface area contributed by atoms with E-state index in [-0.39, 0.29) is 11.5 Å². The monoisotopic (exact) mass is 265 g/mol. The molecule has 0 spiro atoms. The zero-order chi connectivity index (χ0) is 14.4. The van der Waals surface area contributed by atoms with E-state index in [4.69, 9.17) is 16.2 Å². The standard InChI is InChI=1S/C13H19N3O3/c1-16(2)12(17)4-3-7-19-11-8-9(14)5-6-10(11)13(15)18/h5-6,8H,3-4,7,14H2,1-2H3,(H2,15,18). The Morgan fingerprint density at radius 2 is 2.00 bits per heavy atom. The van der Waals surface area contributed by atoms with Gasteiger partial charge in [0.05, 0.1) is 12.2 Å². The number of primary amides is 1. The molecule has 0 heterocycles. The third-order valence-electron chi connectivity index (χ3n) is 2.56. The lowest BCUT2D eigenvalue weighted by molar-refractivity contribution is -0.128. The van der Waals surface area contributed by atoms with E-state index in [2.05, 4.69) is 0 Å². The SMILES string of the molecule is CN(C)C(=O)CCCOc1cc(N)ccc1C(N)=O. The molecule has 19 heavy (non-hydrogen) atoms. The van der Waals surface area contributed by atoms with Crippen LogP contribution in [0.2, 0.25) is 0 Å². The average Bonchev–Trinajstić information content (AvgIpc) is 2.33. The lowest BCUT2D eigenvalue weighted by Crippen LogP contribution is -2.22. The third kappa shape index (κ3) is 4.50. The predicted octanol–water partition coefficient (Wildman–Crippen LogP) is 0.615. The van der Waals surface area contributed by atoms with Gasteiger partial charge in [-0.15, -0.1) is 0 Å². The molecule has 0 unspecified atom stereocenters. The van der Waals surface area contributed by atoms with E-state index in [9.17, 15) is 9.59 Å². The van der Waals surface area contributed by atoms with E-state index in [0.29, 0.717) is 30.9 Å². The molecule has 0 aliphatic heterocycles. The summed E-state index contributed by atoms with van der Waals surface area (Å²) in [7, 11) is 3.40. The van der Waals surface area contributed by atoms with Crippen molar-refractivity contribution in [2.24, 2.45) is 5.73 Å². The molecule has 0 saturated heterocycles. The van der Waals surface area contributed by atoms with Crippen LogP contribution in [-0.2, 0) is 4.79 Å². The van der Waals surface area contributed by atoms with Gasteiger partial charge in [-0.1, -0.05) is 0 Å². The highest BCUT2D eigenvalue weighted by atomic mass is 16.5. The smallest absolute Gasteiger partial charge is 0.252 e. The number of rotatable bonds is 6. The topological polar surface area (TPSA) is 98.7 Å². The first kappa shape index (κ1) is 14.8. The van der Waals surface area contributed by atoms with Crippen molar-refractivity contribution < 1.29 is 14.3 Å². The van der Waals surface area contributed by atoms with Crippen LogP contribution in [0.5, 0.6) is 5.75 Å². The molecule has 6 heteroatoms. The number of ether oxygens (including phenoxy) is 1. The minimum absolute atomic E-state index is 0.0336. The Kier molecular flexibility index (Phi) is 5.17. The molecule has 1 aromatic rings. The van der Waals surface area contributed by atoms with Crippen LogP contribution in [0, 0.1) is 0 Å². The maximum absolute atomic E-state index is 11.4. The van der Waals surface area contributed by atoms with Crippen molar-refractivity contribution in [2.75, 3.05) is 26.4 Å². The van der Waals surface area contributed by atoms with Gasteiger partial charge in [0.15, 0.2) is 0 Å². The Morgan fingerprint density at radius 1 is 1.32 bits per heavy atom. The van der Waals surface area contributed by atoms with Gasteiger partial charge in [-0.2, -0.15) is 0 Å². The van der Waals surface area contributed by atoms with Gasteiger partial charge in [-0.25, -0.2) is 0 Å². The molecule has 2 amide bonds. The number of amides is 2. The minimum atomic E-state index is -0.570. The van der Waals surface area contributed by atoms with Crippen molar-refractivity contribution >= 4 is 17.5 Å².